The molecule has 456 valence electrons. The van der Waals surface area contributed by atoms with Gasteiger partial charge in [0.2, 0.25) is 0 Å². The minimum Gasteiger partial charge on any atom is -0.361 e. The molecule has 10 rings (SSSR count). The number of Topliss-reactive ketones (excluding diaryl/α,β-unsaturated/α-hetero) is 2. The van der Waals surface area contributed by atoms with Gasteiger partial charge in [0.15, 0.2) is 11.6 Å². The first kappa shape index (κ1) is 64.1. The summed E-state index contributed by atoms with van der Waals surface area (Å²) in [6.07, 6.45) is 3.56. The van der Waals surface area contributed by atoms with Gasteiger partial charge in [-0.1, -0.05) is 39.3 Å². The van der Waals surface area contributed by atoms with Crippen LogP contribution in [0.3, 0.4) is 0 Å². The second-order valence-corrected chi connectivity index (χ2v) is 35.1. The van der Waals surface area contributed by atoms with Crippen LogP contribution in [0.5, 0.6) is 0 Å². The number of halogens is 7. The highest BCUT2D eigenvalue weighted by atomic mass is 35.5. The van der Waals surface area contributed by atoms with Crippen LogP contribution in [-0.4, -0.2) is 125 Å². The quantitative estimate of drug-likeness (QED) is 0.0209. The second-order valence-electron chi connectivity index (χ2n) is 23.6. The van der Waals surface area contributed by atoms with Gasteiger partial charge in [-0.3, -0.25) is 29.3 Å². The summed E-state index contributed by atoms with van der Waals surface area (Å²) in [6.45, 7) is 18.6. The minimum atomic E-state index is -4.30. The molecule has 0 saturated heterocycles. The highest BCUT2D eigenvalue weighted by Gasteiger charge is 2.33. The van der Waals surface area contributed by atoms with Crippen LogP contribution in [0.2, 0.25) is 51.4 Å². The number of hydrogen-bond acceptors (Lipinski definition) is 14. The van der Waals surface area contributed by atoms with E-state index in [2.05, 4.69) is 94.3 Å². The summed E-state index contributed by atoms with van der Waals surface area (Å²) in [4.78, 5) is 55.9. The van der Waals surface area contributed by atoms with Crippen LogP contribution < -0.4 is 9.80 Å². The molecule has 0 spiro atoms. The molecule has 1 N–H and O–H groups in total. The number of pyridine rings is 2. The van der Waals surface area contributed by atoms with E-state index in [-0.39, 0.29) is 48.6 Å². The standard InChI is InChI=1S/C29H36F3N7O2Si.C23H31F3N6O2Si.C6H6ClN/c1-42(2,3)16-15-41-20-38-13-8-22-27(34-19-35-28(22)38)37-14-9-24-23(18-37)26(25(40)5-4-10-29(30,31)32)36-39(24)17-21-6-11-33-12-7-21;1-35(2,3)12-11-34-15-32-9-6-16-21(27-14-28-22(16)32)31-10-7-18-17(13-31)20(30-29-18)19(33)5-4-8-23(24,25)26;7-5-6-1-3-8-4-2-6/h6-8,11-13,19H,4-5,9-10,14-18,20H2,1-3H3;6,9,14H,4-5,7-8,10-13,15H2,1-3H3,(H,29,30);1-4H,5H2. The van der Waals surface area contributed by atoms with Gasteiger partial charge in [0.1, 0.15) is 60.4 Å². The molecule has 10 heterocycles. The summed E-state index contributed by atoms with van der Waals surface area (Å²) >= 11 is 5.50. The lowest BCUT2D eigenvalue weighted by Crippen LogP contribution is -2.32. The number of nitrogens with one attached hydrogen (secondary N) is 1. The van der Waals surface area contributed by atoms with Gasteiger partial charge in [-0.25, -0.2) is 19.9 Å². The average Bonchev–Trinajstić information content (AvgIpc) is 4.49. The Morgan fingerprint density at radius 3 is 1.60 bits per heavy atom. The average molecular weight is 1240 g/mol. The van der Waals surface area contributed by atoms with Crippen molar-refractivity contribution in [2.75, 3.05) is 36.1 Å². The lowest BCUT2D eigenvalue weighted by Gasteiger charge is -2.29. The summed E-state index contributed by atoms with van der Waals surface area (Å²) in [7, 11) is -2.36. The Hall–Kier alpha value is -6.88. The molecule has 0 unspecified atom stereocenters. The summed E-state index contributed by atoms with van der Waals surface area (Å²) < 4.78 is 93.2. The number of nitrogens with zero attached hydrogens (tertiary/aromatic N) is 13. The third-order valence-corrected chi connectivity index (χ3v) is 18.1. The van der Waals surface area contributed by atoms with Gasteiger partial charge in [-0.15, -0.1) is 11.6 Å². The van der Waals surface area contributed by atoms with E-state index in [0.717, 1.165) is 79.4 Å². The van der Waals surface area contributed by atoms with Crippen LogP contribution in [0.1, 0.15) is 93.1 Å². The molecule has 2 aliphatic rings. The van der Waals surface area contributed by atoms with Gasteiger partial charge >= 0.3 is 12.4 Å². The Bertz CT molecular complexity index is 3470. The summed E-state index contributed by atoms with van der Waals surface area (Å²) in [5.41, 5.74) is 7.32. The lowest BCUT2D eigenvalue weighted by molar-refractivity contribution is -0.136. The van der Waals surface area contributed by atoms with Crippen LogP contribution in [0.25, 0.3) is 22.1 Å². The number of aromatic nitrogens is 12. The first-order valence-corrected chi connectivity index (χ1v) is 36.3. The van der Waals surface area contributed by atoms with E-state index in [1.807, 2.05) is 62.6 Å². The van der Waals surface area contributed by atoms with Crippen molar-refractivity contribution in [3.8, 4) is 0 Å². The SMILES string of the molecule is C[Si](C)(C)CCOCn1ccc2c(N3CCc4[nH]nc(C(=O)CCCC(F)(F)F)c4C3)ncnc21.C[Si](C)(C)CCOCn1ccc2c(N3CCc4c(c(C(=O)CCCC(F)(F)F)nn4Cc4ccncc4)C3)ncnc21.ClCc1ccncc1. The highest BCUT2D eigenvalue weighted by molar-refractivity contribution is 6.76. The zero-order valence-electron chi connectivity index (χ0n) is 48.8. The fraction of sp³-hybridized carbons (Fsp3) is 0.483. The third kappa shape index (κ3) is 18.3. The molecule has 2 aliphatic heterocycles. The Morgan fingerprint density at radius 1 is 0.635 bits per heavy atom. The zero-order valence-corrected chi connectivity index (χ0v) is 51.6. The number of fused-ring (bicyclic) bond motifs is 4. The number of H-pyrrole nitrogens is 1. The lowest BCUT2D eigenvalue weighted by atomic mass is 10.0. The maximum atomic E-state index is 13.2. The predicted octanol–water partition coefficient (Wildman–Crippen LogP) is 12.6. The zero-order chi connectivity index (χ0) is 60.9. The van der Waals surface area contributed by atoms with Crippen molar-refractivity contribution in [2.24, 2.45) is 0 Å². The molecule has 0 amide bonds. The van der Waals surface area contributed by atoms with E-state index in [1.54, 1.807) is 24.8 Å². The van der Waals surface area contributed by atoms with E-state index < -0.39 is 41.3 Å². The monoisotopic (exact) mass is 1230 g/mol. The highest BCUT2D eigenvalue weighted by Crippen LogP contribution is 2.34. The Labute approximate surface area is 496 Å². The normalized spacial score (nSPS) is 13.8. The van der Waals surface area contributed by atoms with Crippen molar-refractivity contribution >= 4 is 73.0 Å². The fourth-order valence-corrected chi connectivity index (χ4v) is 11.5. The molecule has 0 aliphatic carbocycles. The number of hydrogen-bond donors (Lipinski definition) is 1. The summed E-state index contributed by atoms with van der Waals surface area (Å²) in [5, 5.41) is 13.4. The molecule has 0 saturated carbocycles. The van der Waals surface area contributed by atoms with Crippen LogP contribution in [0.15, 0.2) is 86.2 Å². The first-order chi connectivity index (χ1) is 40.4. The van der Waals surface area contributed by atoms with Crippen molar-refractivity contribution < 1.29 is 45.4 Å². The van der Waals surface area contributed by atoms with Gasteiger partial charge in [-0.2, -0.15) is 36.5 Å². The van der Waals surface area contributed by atoms with Crippen LogP contribution in [0.4, 0.5) is 38.0 Å². The molecule has 0 aromatic carbocycles. The molecule has 0 radical (unpaired) electrons. The topological polar surface area (TPSA) is 193 Å². The van der Waals surface area contributed by atoms with Crippen LogP contribution in [-0.2, 0) is 61.3 Å². The van der Waals surface area contributed by atoms with Crippen LogP contribution >= 0.6 is 11.6 Å². The number of rotatable bonds is 23. The van der Waals surface area contributed by atoms with E-state index in [1.165, 1.54) is 12.7 Å². The van der Waals surface area contributed by atoms with Crippen LogP contribution in [0, 0.1) is 0 Å². The molecular formula is C58H73ClF6N14O4Si2. The number of ketones is 2. The molecule has 0 fully saturated rings. The largest absolute Gasteiger partial charge is 0.389 e. The van der Waals surface area contributed by atoms with Gasteiger partial charge in [-0.05, 0) is 72.5 Å². The van der Waals surface area contributed by atoms with Crippen molar-refractivity contribution in [1.82, 2.24) is 59.0 Å². The molecule has 0 bridgehead atoms. The second kappa shape index (κ2) is 28.5. The van der Waals surface area contributed by atoms with Gasteiger partial charge in [0.05, 0.1) is 17.3 Å². The smallest absolute Gasteiger partial charge is 0.361 e. The van der Waals surface area contributed by atoms with Crippen molar-refractivity contribution in [1.29, 1.82) is 0 Å². The number of alkyl halides is 7. The van der Waals surface area contributed by atoms with E-state index in [0.29, 0.717) is 78.1 Å². The van der Waals surface area contributed by atoms with E-state index in [9.17, 15) is 35.9 Å². The van der Waals surface area contributed by atoms with Gasteiger partial charge in [0, 0.05) is 160 Å². The van der Waals surface area contributed by atoms with Crippen molar-refractivity contribution in [3.05, 3.63) is 131 Å². The molecule has 85 heavy (non-hydrogen) atoms. The summed E-state index contributed by atoms with van der Waals surface area (Å²) in [5.74, 6) is 1.31. The molecule has 0 atom stereocenters. The van der Waals surface area contributed by atoms with Gasteiger partial charge in [0.25, 0.3) is 0 Å². The summed E-state index contributed by atoms with van der Waals surface area (Å²) in [6, 6.07) is 13.6. The fourth-order valence-electron chi connectivity index (χ4n) is 9.78. The Balaban J connectivity index is 0.000000198. The molecule has 8 aromatic rings. The maximum absolute atomic E-state index is 13.2. The van der Waals surface area contributed by atoms with E-state index >= 15 is 0 Å². The maximum Gasteiger partial charge on any atom is 0.389 e. The Kier molecular flexibility index (Phi) is 21.5. The number of aromatic amines is 1. The van der Waals surface area contributed by atoms with E-state index in [4.69, 9.17) is 21.1 Å². The number of ether oxygens (including phenoxy) is 2. The van der Waals surface area contributed by atoms with Crippen molar-refractivity contribution in [2.45, 2.75) is 154 Å². The third-order valence-electron chi connectivity index (χ3n) is 14.4. The van der Waals surface area contributed by atoms with Crippen molar-refractivity contribution in [3.63, 3.8) is 0 Å². The predicted molar refractivity (Wildman–Crippen MR) is 319 cm³/mol. The Morgan fingerprint density at radius 2 is 1.12 bits per heavy atom. The minimum absolute atomic E-state index is 0.185. The first-order valence-electron chi connectivity index (χ1n) is 28.4. The number of carbonyl (C=O) groups excluding carboxylic acids is 2. The number of carbonyl (C=O) groups is 2. The van der Waals surface area contributed by atoms with Gasteiger partial charge < -0.3 is 28.4 Å². The molecule has 27 heteroatoms. The molecule has 8 aromatic heterocycles. The number of anilines is 2. The molecular weight excluding hydrogens is 1160 g/mol. The molecule has 18 nitrogen and oxygen atoms in total.